The van der Waals surface area contributed by atoms with Crippen LogP contribution in [-0.4, -0.2) is 10.2 Å². The van der Waals surface area contributed by atoms with Crippen molar-refractivity contribution in [1.82, 2.24) is 10.2 Å². The standard InChI is InChI=1S/C20H19ClN2/c1-13-7-9-15(10-8-13)20(11-12-20)19-14(2)18(22-23-19)16-5-3-4-6-17(16)21/h3-10H,11-12H2,1-2H3,(H,22,23). The Bertz CT molecular complexity index is 858. The van der Waals surface area contributed by atoms with E-state index in [4.69, 9.17) is 11.6 Å². The number of halogens is 1. The number of aromatic amines is 1. The number of benzene rings is 2. The average molecular weight is 323 g/mol. The third kappa shape index (κ3) is 2.29. The number of hydrogen-bond acceptors (Lipinski definition) is 1. The predicted octanol–water partition coefficient (Wildman–Crippen LogP) is 5.43. The quantitative estimate of drug-likeness (QED) is 0.684. The Hall–Kier alpha value is -2.06. The number of rotatable bonds is 3. The summed E-state index contributed by atoms with van der Waals surface area (Å²) in [7, 11) is 0. The van der Waals surface area contributed by atoms with Gasteiger partial charge in [0.15, 0.2) is 0 Å². The molecule has 0 radical (unpaired) electrons. The number of H-pyrrole nitrogens is 1. The minimum absolute atomic E-state index is 0.101. The lowest BCUT2D eigenvalue weighted by Crippen LogP contribution is -2.10. The number of hydrogen-bond donors (Lipinski definition) is 1. The normalized spacial score (nSPS) is 15.6. The summed E-state index contributed by atoms with van der Waals surface area (Å²) >= 11 is 6.35. The molecule has 1 saturated carbocycles. The number of nitrogens with one attached hydrogen (secondary N) is 1. The van der Waals surface area contributed by atoms with Crippen LogP contribution in [0.4, 0.5) is 0 Å². The molecular weight excluding hydrogens is 304 g/mol. The van der Waals surface area contributed by atoms with Gasteiger partial charge < -0.3 is 0 Å². The molecule has 3 heteroatoms. The van der Waals surface area contributed by atoms with E-state index in [1.807, 2.05) is 24.3 Å². The van der Waals surface area contributed by atoms with E-state index >= 15 is 0 Å². The molecule has 3 aromatic rings. The van der Waals surface area contributed by atoms with Crippen LogP contribution in [0.1, 0.15) is 35.2 Å². The van der Waals surface area contributed by atoms with Gasteiger partial charge in [0.25, 0.3) is 0 Å². The van der Waals surface area contributed by atoms with Crippen LogP contribution in [0.5, 0.6) is 0 Å². The van der Waals surface area contributed by atoms with E-state index in [9.17, 15) is 0 Å². The van der Waals surface area contributed by atoms with Crippen LogP contribution in [-0.2, 0) is 5.41 Å². The smallest absolute Gasteiger partial charge is 0.0967 e. The molecule has 0 amide bonds. The second-order valence-corrected chi connectivity index (χ2v) is 6.91. The van der Waals surface area contributed by atoms with Crippen molar-refractivity contribution in [2.24, 2.45) is 0 Å². The highest BCUT2D eigenvalue weighted by Crippen LogP contribution is 2.54. The summed E-state index contributed by atoms with van der Waals surface area (Å²) in [6, 6.07) is 16.8. The van der Waals surface area contributed by atoms with Gasteiger partial charge in [-0.1, -0.05) is 59.6 Å². The van der Waals surface area contributed by atoms with Gasteiger partial charge in [0.2, 0.25) is 0 Å². The minimum atomic E-state index is 0.101. The predicted molar refractivity (Wildman–Crippen MR) is 95.0 cm³/mol. The monoisotopic (exact) mass is 322 g/mol. The fourth-order valence-corrected chi connectivity index (χ4v) is 3.69. The summed E-state index contributed by atoms with van der Waals surface area (Å²) in [6.45, 7) is 4.27. The van der Waals surface area contributed by atoms with Crippen molar-refractivity contribution < 1.29 is 0 Å². The second-order valence-electron chi connectivity index (χ2n) is 6.50. The van der Waals surface area contributed by atoms with Crippen molar-refractivity contribution in [3.05, 3.63) is 75.9 Å². The summed E-state index contributed by atoms with van der Waals surface area (Å²) in [5, 5.41) is 8.64. The molecule has 4 rings (SSSR count). The molecule has 0 spiro atoms. The number of aryl methyl sites for hydroxylation is 1. The summed E-state index contributed by atoms with van der Waals surface area (Å²) in [5.41, 5.74) is 7.16. The first kappa shape index (κ1) is 14.5. The van der Waals surface area contributed by atoms with Gasteiger partial charge in [-0.25, -0.2) is 0 Å². The maximum atomic E-state index is 6.35. The highest BCUT2D eigenvalue weighted by Gasteiger charge is 2.48. The average Bonchev–Trinajstić information content (AvgIpc) is 3.26. The van der Waals surface area contributed by atoms with Crippen LogP contribution in [0.15, 0.2) is 48.5 Å². The highest BCUT2D eigenvalue weighted by molar-refractivity contribution is 6.33. The Morgan fingerprint density at radius 2 is 1.70 bits per heavy atom. The third-order valence-corrected chi connectivity index (χ3v) is 5.30. The largest absolute Gasteiger partial charge is 0.281 e. The lowest BCUT2D eigenvalue weighted by molar-refractivity contribution is 0.785. The molecule has 1 heterocycles. The molecule has 1 aliphatic carbocycles. The minimum Gasteiger partial charge on any atom is -0.281 e. The fourth-order valence-electron chi connectivity index (χ4n) is 3.46. The molecule has 2 aromatic carbocycles. The molecule has 0 aliphatic heterocycles. The molecule has 1 aromatic heterocycles. The molecule has 23 heavy (non-hydrogen) atoms. The van der Waals surface area contributed by atoms with Crippen LogP contribution in [0.25, 0.3) is 11.3 Å². The number of nitrogens with zero attached hydrogens (tertiary/aromatic N) is 1. The van der Waals surface area contributed by atoms with E-state index in [0.717, 1.165) is 16.3 Å². The SMILES string of the molecule is Cc1ccc(C2(c3[nH]nc(-c4ccccc4Cl)c3C)CC2)cc1. The van der Waals surface area contributed by atoms with E-state index < -0.39 is 0 Å². The van der Waals surface area contributed by atoms with Crippen LogP contribution < -0.4 is 0 Å². The van der Waals surface area contributed by atoms with E-state index in [0.29, 0.717) is 0 Å². The van der Waals surface area contributed by atoms with Crippen molar-refractivity contribution >= 4 is 11.6 Å². The molecule has 0 bridgehead atoms. The van der Waals surface area contributed by atoms with Gasteiger partial charge in [-0.15, -0.1) is 0 Å². The second kappa shape index (κ2) is 5.24. The van der Waals surface area contributed by atoms with E-state index in [1.54, 1.807) is 0 Å². The van der Waals surface area contributed by atoms with Crippen molar-refractivity contribution in [2.45, 2.75) is 32.1 Å². The third-order valence-electron chi connectivity index (χ3n) is 4.97. The van der Waals surface area contributed by atoms with Crippen LogP contribution in [0.2, 0.25) is 5.02 Å². The maximum absolute atomic E-state index is 6.35. The molecule has 116 valence electrons. The first-order valence-corrected chi connectivity index (χ1v) is 8.37. The van der Waals surface area contributed by atoms with Gasteiger partial charge in [-0.2, -0.15) is 5.10 Å². The zero-order valence-electron chi connectivity index (χ0n) is 13.4. The Balaban J connectivity index is 1.80. The summed E-state index contributed by atoms with van der Waals surface area (Å²) in [4.78, 5) is 0. The Morgan fingerprint density at radius 3 is 2.35 bits per heavy atom. The number of aromatic nitrogens is 2. The van der Waals surface area contributed by atoms with E-state index in [2.05, 4.69) is 48.3 Å². The van der Waals surface area contributed by atoms with Crippen molar-refractivity contribution in [1.29, 1.82) is 0 Å². The molecule has 0 atom stereocenters. The Labute approximate surface area is 141 Å². The zero-order chi connectivity index (χ0) is 16.0. The molecule has 1 aliphatic rings. The van der Waals surface area contributed by atoms with Crippen LogP contribution in [0, 0.1) is 13.8 Å². The van der Waals surface area contributed by atoms with Crippen molar-refractivity contribution in [3.63, 3.8) is 0 Å². The van der Waals surface area contributed by atoms with Gasteiger partial charge >= 0.3 is 0 Å². The van der Waals surface area contributed by atoms with Crippen LogP contribution >= 0.6 is 11.6 Å². The van der Waals surface area contributed by atoms with Crippen molar-refractivity contribution in [3.8, 4) is 11.3 Å². The molecule has 2 nitrogen and oxygen atoms in total. The summed E-state index contributed by atoms with van der Waals surface area (Å²) in [6.07, 6.45) is 2.34. The molecule has 1 N–H and O–H groups in total. The Kier molecular flexibility index (Phi) is 3.31. The van der Waals surface area contributed by atoms with Gasteiger partial charge in [-0.3, -0.25) is 5.10 Å². The van der Waals surface area contributed by atoms with Gasteiger partial charge in [0, 0.05) is 16.7 Å². The van der Waals surface area contributed by atoms with Crippen LogP contribution in [0.3, 0.4) is 0 Å². The molecule has 0 saturated heterocycles. The summed E-state index contributed by atoms with van der Waals surface area (Å²) < 4.78 is 0. The van der Waals surface area contributed by atoms with E-state index in [-0.39, 0.29) is 5.41 Å². The molecule has 0 unspecified atom stereocenters. The summed E-state index contributed by atoms with van der Waals surface area (Å²) in [5.74, 6) is 0. The fraction of sp³-hybridized carbons (Fsp3) is 0.250. The van der Waals surface area contributed by atoms with Crippen molar-refractivity contribution in [2.75, 3.05) is 0 Å². The van der Waals surface area contributed by atoms with Gasteiger partial charge in [0.05, 0.1) is 10.7 Å². The van der Waals surface area contributed by atoms with Gasteiger partial charge in [-0.05, 0) is 43.9 Å². The highest BCUT2D eigenvalue weighted by atomic mass is 35.5. The first-order valence-electron chi connectivity index (χ1n) is 7.99. The zero-order valence-corrected chi connectivity index (χ0v) is 14.1. The topological polar surface area (TPSA) is 28.7 Å². The van der Waals surface area contributed by atoms with E-state index in [1.165, 1.54) is 35.2 Å². The lowest BCUT2D eigenvalue weighted by atomic mass is 9.89. The first-order chi connectivity index (χ1) is 11.1. The lowest BCUT2D eigenvalue weighted by Gasteiger charge is -2.15. The maximum Gasteiger partial charge on any atom is 0.0967 e. The Morgan fingerprint density at radius 1 is 1.00 bits per heavy atom. The van der Waals surface area contributed by atoms with Gasteiger partial charge in [0.1, 0.15) is 0 Å². The molecular formula is C20H19ClN2. The molecule has 1 fully saturated rings.